The van der Waals surface area contributed by atoms with Gasteiger partial charge in [0.2, 0.25) is 0 Å². The Morgan fingerprint density at radius 2 is 1.95 bits per heavy atom. The van der Waals surface area contributed by atoms with Crippen LogP contribution in [0.4, 0.5) is 0 Å². The third-order valence-electron chi connectivity index (χ3n) is 4.57. The van der Waals surface area contributed by atoms with E-state index in [9.17, 15) is 0 Å². The molecule has 4 nitrogen and oxygen atoms in total. The lowest BCUT2D eigenvalue weighted by atomic mass is 9.77. The molecule has 21 heavy (non-hydrogen) atoms. The van der Waals surface area contributed by atoms with Crippen molar-refractivity contribution in [1.82, 2.24) is 15.3 Å². The van der Waals surface area contributed by atoms with Crippen LogP contribution in [0.3, 0.4) is 0 Å². The molecule has 2 aliphatic rings. The van der Waals surface area contributed by atoms with Gasteiger partial charge in [-0.3, -0.25) is 4.99 Å². The number of aliphatic imine (C=N–C) groups is 1. The average Bonchev–Trinajstić information content (AvgIpc) is 2.88. The van der Waals surface area contributed by atoms with Crippen LogP contribution in [0.2, 0.25) is 0 Å². The van der Waals surface area contributed by atoms with Crippen LogP contribution in [0.5, 0.6) is 0 Å². The van der Waals surface area contributed by atoms with Crippen molar-refractivity contribution in [2.24, 2.45) is 4.99 Å². The van der Waals surface area contributed by atoms with Gasteiger partial charge < -0.3 is 5.32 Å². The SMILES string of the molecule is CC1=NCC2(CCc3cc(-c4cncnc4)ccc3C2)N1. The Kier molecular flexibility index (Phi) is 2.77. The van der Waals surface area contributed by atoms with E-state index in [2.05, 4.69) is 45.4 Å². The molecule has 0 amide bonds. The van der Waals surface area contributed by atoms with E-state index < -0.39 is 0 Å². The summed E-state index contributed by atoms with van der Waals surface area (Å²) in [6.45, 7) is 2.97. The minimum absolute atomic E-state index is 0.161. The number of rotatable bonds is 1. The van der Waals surface area contributed by atoms with E-state index in [0.29, 0.717) is 0 Å². The molecule has 4 heteroatoms. The predicted octanol–water partition coefficient (Wildman–Crippen LogP) is 2.39. The maximum atomic E-state index is 4.54. The molecule has 0 saturated carbocycles. The van der Waals surface area contributed by atoms with Crippen LogP contribution in [0, 0.1) is 0 Å². The van der Waals surface area contributed by atoms with Gasteiger partial charge in [0, 0.05) is 18.0 Å². The first kappa shape index (κ1) is 12.5. The molecular formula is C17H18N4. The van der Waals surface area contributed by atoms with E-state index in [4.69, 9.17) is 0 Å². The zero-order chi connectivity index (χ0) is 14.3. The van der Waals surface area contributed by atoms with Crippen molar-refractivity contribution in [3.63, 3.8) is 0 Å². The van der Waals surface area contributed by atoms with Crippen LogP contribution in [-0.2, 0) is 12.8 Å². The summed E-state index contributed by atoms with van der Waals surface area (Å²) in [7, 11) is 0. The molecule has 1 atom stereocenters. The third-order valence-corrected chi connectivity index (χ3v) is 4.57. The Bertz CT molecular complexity index is 708. The summed E-state index contributed by atoms with van der Waals surface area (Å²) in [5.74, 6) is 1.08. The second-order valence-corrected chi connectivity index (χ2v) is 6.09. The number of aryl methyl sites for hydroxylation is 1. The Balaban J connectivity index is 1.64. The molecular weight excluding hydrogens is 260 g/mol. The van der Waals surface area contributed by atoms with Crippen LogP contribution in [0.15, 0.2) is 41.9 Å². The number of fused-ring (bicyclic) bond motifs is 1. The van der Waals surface area contributed by atoms with Gasteiger partial charge in [0.05, 0.1) is 17.9 Å². The quantitative estimate of drug-likeness (QED) is 0.871. The Morgan fingerprint density at radius 3 is 2.71 bits per heavy atom. The van der Waals surface area contributed by atoms with E-state index in [1.54, 1.807) is 6.33 Å². The van der Waals surface area contributed by atoms with E-state index in [-0.39, 0.29) is 5.54 Å². The van der Waals surface area contributed by atoms with E-state index in [1.165, 1.54) is 16.7 Å². The number of benzene rings is 1. The van der Waals surface area contributed by atoms with Gasteiger partial charge in [0.15, 0.2) is 0 Å². The maximum Gasteiger partial charge on any atom is 0.115 e. The number of hydrogen-bond acceptors (Lipinski definition) is 4. The predicted molar refractivity (Wildman–Crippen MR) is 83.3 cm³/mol. The lowest BCUT2D eigenvalue weighted by Gasteiger charge is -2.35. The topological polar surface area (TPSA) is 50.2 Å². The van der Waals surface area contributed by atoms with Gasteiger partial charge in [0.25, 0.3) is 0 Å². The molecule has 1 aliphatic heterocycles. The largest absolute Gasteiger partial charge is 0.366 e. The molecule has 1 aromatic heterocycles. The first-order valence-corrected chi connectivity index (χ1v) is 7.41. The molecule has 106 valence electrons. The van der Waals surface area contributed by atoms with Gasteiger partial charge in [-0.1, -0.05) is 18.2 Å². The average molecular weight is 278 g/mol. The number of amidine groups is 1. The van der Waals surface area contributed by atoms with Crippen molar-refractivity contribution in [3.05, 3.63) is 48.0 Å². The Morgan fingerprint density at radius 1 is 1.10 bits per heavy atom. The van der Waals surface area contributed by atoms with Crippen molar-refractivity contribution in [2.75, 3.05) is 6.54 Å². The number of nitrogens with zero attached hydrogens (tertiary/aromatic N) is 3. The molecule has 0 radical (unpaired) electrons. The van der Waals surface area contributed by atoms with Gasteiger partial charge in [-0.2, -0.15) is 0 Å². The summed E-state index contributed by atoms with van der Waals surface area (Å²) >= 11 is 0. The summed E-state index contributed by atoms with van der Waals surface area (Å²) in [5, 5.41) is 3.59. The summed E-state index contributed by atoms with van der Waals surface area (Å²) < 4.78 is 0. The summed E-state index contributed by atoms with van der Waals surface area (Å²) in [5.41, 5.74) is 5.34. The Labute approximate surface area is 124 Å². The van der Waals surface area contributed by atoms with Crippen molar-refractivity contribution in [1.29, 1.82) is 0 Å². The molecule has 0 fully saturated rings. The highest BCUT2D eigenvalue weighted by atomic mass is 15.1. The fourth-order valence-corrected chi connectivity index (χ4v) is 3.46. The molecule has 2 aromatic rings. The normalized spacial score (nSPS) is 23.6. The van der Waals surface area contributed by atoms with Crippen LogP contribution < -0.4 is 5.32 Å². The molecule has 1 aliphatic carbocycles. The molecule has 1 spiro atoms. The lowest BCUT2D eigenvalue weighted by Crippen LogP contribution is -2.49. The highest BCUT2D eigenvalue weighted by Gasteiger charge is 2.37. The van der Waals surface area contributed by atoms with Crippen molar-refractivity contribution < 1.29 is 0 Å². The maximum absolute atomic E-state index is 4.54. The second-order valence-electron chi connectivity index (χ2n) is 6.09. The molecule has 0 bridgehead atoms. The molecule has 1 N–H and O–H groups in total. The first-order chi connectivity index (χ1) is 10.2. The summed E-state index contributed by atoms with van der Waals surface area (Å²) in [4.78, 5) is 12.7. The van der Waals surface area contributed by atoms with Crippen molar-refractivity contribution >= 4 is 5.84 Å². The summed E-state index contributed by atoms with van der Waals surface area (Å²) in [6, 6.07) is 6.73. The van der Waals surface area contributed by atoms with Gasteiger partial charge >= 0.3 is 0 Å². The first-order valence-electron chi connectivity index (χ1n) is 7.41. The van der Waals surface area contributed by atoms with Gasteiger partial charge in [-0.05, 0) is 42.9 Å². The Hall–Kier alpha value is -2.23. The monoisotopic (exact) mass is 278 g/mol. The fraction of sp³-hybridized carbons (Fsp3) is 0.353. The van der Waals surface area contributed by atoms with E-state index in [0.717, 1.165) is 37.2 Å². The van der Waals surface area contributed by atoms with E-state index in [1.807, 2.05) is 12.4 Å². The molecule has 2 heterocycles. The molecule has 1 unspecified atom stereocenters. The number of hydrogen-bond donors (Lipinski definition) is 1. The van der Waals surface area contributed by atoms with Crippen LogP contribution in [0.1, 0.15) is 24.5 Å². The highest BCUT2D eigenvalue weighted by molar-refractivity contribution is 5.82. The standard InChI is InChI=1S/C17H18N4/c1-12-20-10-17(21-12)5-4-14-6-13(2-3-15(14)7-17)16-8-18-11-19-9-16/h2-3,6,8-9,11H,4-5,7,10H2,1H3,(H,20,21). The third kappa shape index (κ3) is 2.20. The lowest BCUT2D eigenvalue weighted by molar-refractivity contribution is 0.362. The van der Waals surface area contributed by atoms with Crippen molar-refractivity contribution in [2.45, 2.75) is 31.7 Å². The number of aromatic nitrogens is 2. The van der Waals surface area contributed by atoms with Crippen LogP contribution >= 0.6 is 0 Å². The van der Waals surface area contributed by atoms with Gasteiger partial charge in [-0.15, -0.1) is 0 Å². The molecule has 4 rings (SSSR count). The molecule has 1 aromatic carbocycles. The number of nitrogens with one attached hydrogen (secondary N) is 1. The van der Waals surface area contributed by atoms with Gasteiger partial charge in [0.1, 0.15) is 6.33 Å². The minimum atomic E-state index is 0.161. The smallest absolute Gasteiger partial charge is 0.115 e. The summed E-state index contributed by atoms with van der Waals surface area (Å²) in [6.07, 6.45) is 8.63. The molecule has 0 saturated heterocycles. The highest BCUT2D eigenvalue weighted by Crippen LogP contribution is 2.33. The zero-order valence-electron chi connectivity index (χ0n) is 12.1. The second kappa shape index (κ2) is 4.65. The zero-order valence-corrected chi connectivity index (χ0v) is 12.1. The van der Waals surface area contributed by atoms with E-state index >= 15 is 0 Å². The van der Waals surface area contributed by atoms with Gasteiger partial charge in [-0.25, -0.2) is 9.97 Å². The minimum Gasteiger partial charge on any atom is -0.366 e. The van der Waals surface area contributed by atoms with Crippen molar-refractivity contribution in [3.8, 4) is 11.1 Å². The van der Waals surface area contributed by atoms with Crippen LogP contribution in [-0.4, -0.2) is 27.9 Å². The fourth-order valence-electron chi connectivity index (χ4n) is 3.46. The van der Waals surface area contributed by atoms with Crippen LogP contribution in [0.25, 0.3) is 11.1 Å².